The number of nitrogens with zero attached hydrogens (tertiary/aromatic N) is 1. The van der Waals surface area contributed by atoms with Crippen LogP contribution >= 0.6 is 27.3 Å². The maximum absolute atomic E-state index is 11.8. The van der Waals surface area contributed by atoms with E-state index in [0.29, 0.717) is 10.2 Å². The minimum atomic E-state index is -0.810. The van der Waals surface area contributed by atoms with E-state index in [0.717, 1.165) is 11.3 Å². The highest BCUT2D eigenvalue weighted by atomic mass is 79.9. The predicted octanol–water partition coefficient (Wildman–Crippen LogP) is 1.78. The third-order valence-corrected chi connectivity index (χ3v) is 4.37. The van der Waals surface area contributed by atoms with Gasteiger partial charge in [-0.1, -0.05) is 12.1 Å². The van der Waals surface area contributed by atoms with Gasteiger partial charge in [0.25, 0.3) is 5.91 Å². The van der Waals surface area contributed by atoms with Crippen LogP contribution in [0.25, 0.3) is 0 Å². The minimum absolute atomic E-state index is 0.0248. The standard InChI is InChI=1S/C16H15BrN4O5S/c1-9(22)19-16-21-12(8-27-16)15(25)26-7-14(24)18-6-13(23)20-11-5-3-2-4-10(11)17/h2-5,8H,6-7H2,1H3,(H,18,24)(H,20,23)(H,19,21,22). The summed E-state index contributed by atoms with van der Waals surface area (Å²) < 4.78 is 5.53. The SMILES string of the molecule is CC(=O)Nc1nc(C(=O)OCC(=O)NCC(=O)Nc2ccccc2Br)cs1. The van der Waals surface area contributed by atoms with E-state index in [1.165, 1.54) is 12.3 Å². The Morgan fingerprint density at radius 2 is 1.89 bits per heavy atom. The fourth-order valence-electron chi connectivity index (χ4n) is 1.77. The molecule has 2 aromatic rings. The van der Waals surface area contributed by atoms with Gasteiger partial charge in [0.1, 0.15) is 0 Å². The first-order valence-electron chi connectivity index (χ1n) is 7.56. The molecule has 0 atom stereocenters. The van der Waals surface area contributed by atoms with Crippen molar-refractivity contribution < 1.29 is 23.9 Å². The number of hydrogen-bond acceptors (Lipinski definition) is 7. The molecule has 3 N–H and O–H groups in total. The number of hydrogen-bond donors (Lipinski definition) is 3. The molecule has 0 unspecified atom stereocenters. The summed E-state index contributed by atoms with van der Waals surface area (Å²) in [6.07, 6.45) is 0. The molecule has 9 nitrogen and oxygen atoms in total. The number of thiazole rings is 1. The van der Waals surface area contributed by atoms with E-state index >= 15 is 0 Å². The molecular weight excluding hydrogens is 440 g/mol. The molecular formula is C16H15BrN4O5S. The van der Waals surface area contributed by atoms with Crippen LogP contribution < -0.4 is 16.0 Å². The first kappa shape index (κ1) is 20.5. The van der Waals surface area contributed by atoms with Crippen LogP contribution in [0.2, 0.25) is 0 Å². The van der Waals surface area contributed by atoms with Crippen molar-refractivity contribution in [1.82, 2.24) is 10.3 Å². The third kappa shape index (κ3) is 6.79. The summed E-state index contributed by atoms with van der Waals surface area (Å²) in [7, 11) is 0. The topological polar surface area (TPSA) is 126 Å². The van der Waals surface area contributed by atoms with E-state index in [2.05, 4.69) is 36.9 Å². The molecule has 0 radical (unpaired) electrons. The largest absolute Gasteiger partial charge is 0.451 e. The summed E-state index contributed by atoms with van der Waals surface area (Å²) in [4.78, 5) is 50.1. The Morgan fingerprint density at radius 1 is 1.15 bits per heavy atom. The molecule has 0 aliphatic carbocycles. The average Bonchev–Trinajstić information content (AvgIpc) is 3.07. The van der Waals surface area contributed by atoms with E-state index in [1.807, 2.05) is 0 Å². The smallest absolute Gasteiger partial charge is 0.358 e. The van der Waals surface area contributed by atoms with Gasteiger partial charge in [-0.3, -0.25) is 14.4 Å². The molecule has 2 rings (SSSR count). The number of carbonyl (C=O) groups is 4. The Hall–Kier alpha value is -2.79. The second-order valence-electron chi connectivity index (χ2n) is 5.10. The van der Waals surface area contributed by atoms with Crippen LogP contribution in [0.4, 0.5) is 10.8 Å². The summed E-state index contributed by atoms with van der Waals surface area (Å²) in [5, 5.41) is 9.05. The zero-order valence-electron chi connectivity index (χ0n) is 14.1. The molecule has 0 spiro atoms. The van der Waals surface area contributed by atoms with Gasteiger partial charge in [-0.25, -0.2) is 9.78 Å². The molecule has 0 saturated carbocycles. The molecule has 0 bridgehead atoms. The van der Waals surface area contributed by atoms with Crippen LogP contribution in [0.5, 0.6) is 0 Å². The van der Waals surface area contributed by atoms with Crippen LogP contribution in [0.3, 0.4) is 0 Å². The van der Waals surface area contributed by atoms with Gasteiger partial charge in [0.05, 0.1) is 12.2 Å². The number of carbonyl (C=O) groups excluding carboxylic acids is 4. The van der Waals surface area contributed by atoms with Crippen molar-refractivity contribution in [2.45, 2.75) is 6.92 Å². The van der Waals surface area contributed by atoms with Crippen molar-refractivity contribution in [3.05, 3.63) is 39.8 Å². The van der Waals surface area contributed by atoms with Crippen LogP contribution in [-0.4, -0.2) is 41.8 Å². The molecule has 1 aromatic carbocycles. The van der Waals surface area contributed by atoms with Gasteiger partial charge in [0.15, 0.2) is 17.4 Å². The van der Waals surface area contributed by atoms with E-state index in [1.54, 1.807) is 24.3 Å². The number of nitrogens with one attached hydrogen (secondary N) is 3. The van der Waals surface area contributed by atoms with Gasteiger partial charge in [-0.05, 0) is 28.1 Å². The van der Waals surface area contributed by atoms with Crippen LogP contribution in [0.15, 0.2) is 34.1 Å². The molecule has 1 aromatic heterocycles. The van der Waals surface area contributed by atoms with E-state index in [9.17, 15) is 19.2 Å². The molecule has 0 aliphatic heterocycles. The van der Waals surface area contributed by atoms with E-state index in [-0.39, 0.29) is 23.3 Å². The normalized spacial score (nSPS) is 10.0. The Bertz CT molecular complexity index is 870. The summed E-state index contributed by atoms with van der Waals surface area (Å²) in [6, 6.07) is 7.03. The fraction of sp³-hybridized carbons (Fsp3) is 0.188. The van der Waals surface area contributed by atoms with Crippen molar-refractivity contribution in [2.24, 2.45) is 0 Å². The van der Waals surface area contributed by atoms with Gasteiger partial charge in [0.2, 0.25) is 11.8 Å². The van der Waals surface area contributed by atoms with Gasteiger partial charge in [0, 0.05) is 16.8 Å². The molecule has 0 saturated heterocycles. The van der Waals surface area contributed by atoms with Crippen molar-refractivity contribution in [3.63, 3.8) is 0 Å². The van der Waals surface area contributed by atoms with E-state index < -0.39 is 24.4 Å². The average molecular weight is 455 g/mol. The lowest BCUT2D eigenvalue weighted by atomic mass is 10.3. The highest BCUT2D eigenvalue weighted by molar-refractivity contribution is 9.10. The summed E-state index contributed by atoms with van der Waals surface area (Å²) >= 11 is 4.35. The summed E-state index contributed by atoms with van der Waals surface area (Å²) in [5.41, 5.74) is 0.546. The number of aromatic nitrogens is 1. The Morgan fingerprint density at radius 3 is 2.59 bits per heavy atom. The van der Waals surface area contributed by atoms with Crippen LogP contribution in [0.1, 0.15) is 17.4 Å². The number of esters is 1. The lowest BCUT2D eigenvalue weighted by Crippen LogP contribution is -2.35. The second kappa shape index (κ2) is 9.78. The quantitative estimate of drug-likeness (QED) is 0.547. The molecule has 142 valence electrons. The minimum Gasteiger partial charge on any atom is -0.451 e. The number of amides is 3. The summed E-state index contributed by atoms with van der Waals surface area (Å²) in [6.45, 7) is 0.478. The fourth-order valence-corrected chi connectivity index (χ4v) is 2.88. The lowest BCUT2D eigenvalue weighted by molar-refractivity contribution is -0.126. The Kier molecular flexibility index (Phi) is 7.44. The first-order valence-corrected chi connectivity index (χ1v) is 9.23. The molecule has 27 heavy (non-hydrogen) atoms. The molecule has 11 heteroatoms. The van der Waals surface area contributed by atoms with Gasteiger partial charge in [-0.2, -0.15) is 0 Å². The highest BCUT2D eigenvalue weighted by Crippen LogP contribution is 2.20. The van der Waals surface area contributed by atoms with Crippen molar-refractivity contribution in [3.8, 4) is 0 Å². The maximum Gasteiger partial charge on any atom is 0.358 e. The number of benzene rings is 1. The van der Waals surface area contributed by atoms with Gasteiger partial charge < -0.3 is 20.7 Å². The number of para-hydroxylation sites is 1. The van der Waals surface area contributed by atoms with Crippen molar-refractivity contribution in [2.75, 3.05) is 23.8 Å². The van der Waals surface area contributed by atoms with Crippen LogP contribution in [0, 0.1) is 0 Å². The third-order valence-electron chi connectivity index (χ3n) is 2.92. The maximum atomic E-state index is 11.8. The van der Waals surface area contributed by atoms with Gasteiger partial charge in [-0.15, -0.1) is 11.3 Å². The Balaban J connectivity index is 1.73. The molecule has 3 amide bonds. The monoisotopic (exact) mass is 454 g/mol. The first-order chi connectivity index (χ1) is 12.8. The number of halogens is 1. The molecule has 0 aliphatic rings. The molecule has 1 heterocycles. The van der Waals surface area contributed by atoms with Crippen molar-refractivity contribution >= 4 is 61.8 Å². The lowest BCUT2D eigenvalue weighted by Gasteiger charge is -2.08. The summed E-state index contributed by atoms with van der Waals surface area (Å²) in [5.74, 6) is -2.19. The van der Waals surface area contributed by atoms with Gasteiger partial charge >= 0.3 is 5.97 Å². The number of anilines is 2. The number of ether oxygens (including phenoxy) is 1. The zero-order valence-corrected chi connectivity index (χ0v) is 16.5. The van der Waals surface area contributed by atoms with Crippen molar-refractivity contribution in [1.29, 1.82) is 0 Å². The molecule has 0 fully saturated rings. The van der Waals surface area contributed by atoms with E-state index in [4.69, 9.17) is 4.74 Å². The Labute approximate surface area is 166 Å². The second-order valence-corrected chi connectivity index (χ2v) is 6.81. The zero-order chi connectivity index (χ0) is 19.8. The predicted molar refractivity (Wildman–Crippen MR) is 102 cm³/mol. The van der Waals surface area contributed by atoms with Crippen LogP contribution in [-0.2, 0) is 19.1 Å². The highest BCUT2D eigenvalue weighted by Gasteiger charge is 2.15. The number of rotatable bonds is 7.